The van der Waals surface area contributed by atoms with Crippen LogP contribution in [0.5, 0.6) is 0 Å². The van der Waals surface area contributed by atoms with Crippen molar-refractivity contribution in [2.75, 3.05) is 6.61 Å². The second kappa shape index (κ2) is 8.57. The van der Waals surface area contributed by atoms with Crippen molar-refractivity contribution < 1.29 is 18.7 Å². The summed E-state index contributed by atoms with van der Waals surface area (Å²) in [6.07, 6.45) is 0. The van der Waals surface area contributed by atoms with Crippen LogP contribution in [0, 0.1) is 26.6 Å². The van der Waals surface area contributed by atoms with E-state index < -0.39 is 12.6 Å². The number of aryl methyl sites for hydroxylation is 2. The molecule has 0 fully saturated rings. The number of halogens is 1. The molecule has 152 valence electrons. The fourth-order valence-electron chi connectivity index (χ4n) is 3.09. The number of hydrogen-bond donors (Lipinski definition) is 0. The quantitative estimate of drug-likeness (QED) is 0.438. The summed E-state index contributed by atoms with van der Waals surface area (Å²) in [5, 5.41) is 1.66. The van der Waals surface area contributed by atoms with E-state index in [1.165, 1.54) is 16.7 Å². The van der Waals surface area contributed by atoms with Crippen LogP contribution in [0.15, 0.2) is 40.5 Å². The zero-order valence-electron chi connectivity index (χ0n) is 16.4. The molecule has 8 heteroatoms. The third kappa shape index (κ3) is 4.71. The molecule has 3 rings (SSSR count). The minimum Gasteiger partial charge on any atom is -0.456 e. The van der Waals surface area contributed by atoms with Crippen molar-refractivity contribution in [3.8, 4) is 0 Å². The molecule has 0 aliphatic rings. The van der Waals surface area contributed by atoms with Gasteiger partial charge in [-0.05, 0) is 44.5 Å². The number of rotatable bonds is 7. The van der Waals surface area contributed by atoms with Crippen LogP contribution in [-0.4, -0.2) is 27.5 Å². The minimum absolute atomic E-state index is 0.217. The first-order chi connectivity index (χ1) is 13.8. The van der Waals surface area contributed by atoms with Gasteiger partial charge in [-0.25, -0.2) is 4.39 Å². The van der Waals surface area contributed by atoms with Crippen LogP contribution in [0.4, 0.5) is 4.39 Å². The van der Waals surface area contributed by atoms with Gasteiger partial charge in [-0.2, -0.15) is 0 Å². The lowest BCUT2D eigenvalue weighted by atomic mass is 10.1. The monoisotopic (exact) mass is 416 g/mol. The number of nitrogens with zero attached hydrogens (tertiary/aromatic N) is 2. The smallest absolute Gasteiger partial charge is 0.326 e. The number of ketones is 1. The van der Waals surface area contributed by atoms with Gasteiger partial charge in [0.05, 0.1) is 0 Å². The molecule has 2 aromatic heterocycles. The SMILES string of the molecule is Cc1cc(C(=O)COC(=O)Cn2c(C)csc2=O)c(C)n1Cc1ccc(F)cc1. The number of Topliss-reactive ketones (excluding diaryl/α,β-unsaturated/α-hetero) is 1. The highest BCUT2D eigenvalue weighted by Crippen LogP contribution is 2.18. The molecule has 0 atom stereocenters. The summed E-state index contributed by atoms with van der Waals surface area (Å²) in [6, 6.07) is 7.95. The van der Waals surface area contributed by atoms with Gasteiger partial charge < -0.3 is 9.30 Å². The van der Waals surface area contributed by atoms with E-state index in [0.717, 1.165) is 28.3 Å². The number of esters is 1. The van der Waals surface area contributed by atoms with Crippen LogP contribution in [0.25, 0.3) is 0 Å². The highest BCUT2D eigenvalue weighted by atomic mass is 32.1. The predicted molar refractivity (Wildman–Crippen MR) is 108 cm³/mol. The Labute approximate surface area is 171 Å². The van der Waals surface area contributed by atoms with Crippen molar-refractivity contribution in [2.45, 2.75) is 33.9 Å². The van der Waals surface area contributed by atoms with Crippen molar-refractivity contribution in [1.29, 1.82) is 0 Å². The number of benzene rings is 1. The summed E-state index contributed by atoms with van der Waals surface area (Å²) in [5.74, 6) is -1.25. The van der Waals surface area contributed by atoms with E-state index in [2.05, 4.69) is 0 Å². The minimum atomic E-state index is -0.637. The molecule has 0 saturated carbocycles. The molecule has 3 aromatic rings. The van der Waals surface area contributed by atoms with Crippen molar-refractivity contribution >= 4 is 23.1 Å². The van der Waals surface area contributed by atoms with Gasteiger partial charge in [0.25, 0.3) is 0 Å². The zero-order valence-corrected chi connectivity index (χ0v) is 17.2. The number of thiazole rings is 1. The molecule has 0 aliphatic carbocycles. The molecule has 0 bridgehead atoms. The highest BCUT2D eigenvalue weighted by molar-refractivity contribution is 7.07. The fourth-order valence-corrected chi connectivity index (χ4v) is 3.83. The normalized spacial score (nSPS) is 10.9. The van der Waals surface area contributed by atoms with Crippen LogP contribution in [0.2, 0.25) is 0 Å². The Kier molecular flexibility index (Phi) is 6.12. The number of carbonyl (C=O) groups excluding carboxylic acids is 2. The third-order valence-electron chi connectivity index (χ3n) is 4.76. The maximum Gasteiger partial charge on any atom is 0.326 e. The topological polar surface area (TPSA) is 70.3 Å². The third-order valence-corrected chi connectivity index (χ3v) is 5.64. The van der Waals surface area contributed by atoms with Crippen molar-refractivity contribution in [3.05, 3.63) is 79.4 Å². The standard InChI is InChI=1S/C21H21FN2O4S/c1-13-8-18(15(3)23(13)9-16-4-6-17(22)7-5-16)19(25)11-28-20(26)10-24-14(2)12-29-21(24)27/h4-8,12H,9-11H2,1-3H3. The van der Waals surface area contributed by atoms with E-state index in [0.29, 0.717) is 17.8 Å². The molecule has 0 aliphatic heterocycles. The second-order valence-corrected chi connectivity index (χ2v) is 7.63. The molecule has 0 saturated heterocycles. The van der Waals surface area contributed by atoms with Gasteiger partial charge in [-0.1, -0.05) is 23.5 Å². The Hall–Kier alpha value is -3.00. The number of ether oxygens (including phenoxy) is 1. The summed E-state index contributed by atoms with van der Waals surface area (Å²) < 4.78 is 21.4. The first-order valence-corrected chi connectivity index (χ1v) is 9.89. The van der Waals surface area contributed by atoms with E-state index in [9.17, 15) is 18.8 Å². The van der Waals surface area contributed by atoms with Crippen molar-refractivity contribution in [3.63, 3.8) is 0 Å². The second-order valence-electron chi connectivity index (χ2n) is 6.81. The highest BCUT2D eigenvalue weighted by Gasteiger charge is 2.18. The van der Waals surface area contributed by atoms with E-state index in [-0.39, 0.29) is 23.0 Å². The molecule has 0 amide bonds. The van der Waals surface area contributed by atoms with Crippen LogP contribution in [-0.2, 0) is 22.6 Å². The maximum atomic E-state index is 13.1. The zero-order chi connectivity index (χ0) is 21.1. The number of carbonyl (C=O) groups is 2. The first-order valence-electron chi connectivity index (χ1n) is 9.01. The Morgan fingerprint density at radius 3 is 2.38 bits per heavy atom. The Morgan fingerprint density at radius 2 is 1.76 bits per heavy atom. The van der Waals surface area contributed by atoms with Gasteiger partial charge in [0, 0.05) is 34.6 Å². The van der Waals surface area contributed by atoms with Crippen LogP contribution < -0.4 is 4.87 Å². The van der Waals surface area contributed by atoms with Crippen molar-refractivity contribution in [2.24, 2.45) is 0 Å². The summed E-state index contributed by atoms with van der Waals surface area (Å²) in [5.41, 5.74) is 3.68. The van der Waals surface area contributed by atoms with Gasteiger partial charge in [0.15, 0.2) is 6.61 Å². The van der Waals surface area contributed by atoms with Gasteiger partial charge in [-0.15, -0.1) is 0 Å². The summed E-state index contributed by atoms with van der Waals surface area (Å²) >= 11 is 1.01. The van der Waals surface area contributed by atoms with E-state index in [1.54, 1.807) is 30.5 Å². The van der Waals surface area contributed by atoms with Crippen molar-refractivity contribution in [1.82, 2.24) is 9.13 Å². The Balaban J connectivity index is 1.66. The molecular weight excluding hydrogens is 395 g/mol. The molecule has 0 N–H and O–H groups in total. The lowest BCUT2D eigenvalue weighted by Gasteiger charge is -2.10. The summed E-state index contributed by atoms with van der Waals surface area (Å²) in [4.78, 5) is 36.0. The van der Waals surface area contributed by atoms with Gasteiger partial charge >= 0.3 is 10.8 Å². The number of hydrogen-bond acceptors (Lipinski definition) is 5. The first kappa shape index (κ1) is 20.7. The molecule has 6 nitrogen and oxygen atoms in total. The summed E-state index contributed by atoms with van der Waals surface area (Å²) in [7, 11) is 0. The van der Waals surface area contributed by atoms with E-state index >= 15 is 0 Å². The molecule has 29 heavy (non-hydrogen) atoms. The Morgan fingerprint density at radius 1 is 1.07 bits per heavy atom. The van der Waals surface area contributed by atoms with Gasteiger partial charge in [-0.3, -0.25) is 19.0 Å². The maximum absolute atomic E-state index is 13.1. The average Bonchev–Trinajstić information content (AvgIpc) is 3.15. The lowest BCUT2D eigenvalue weighted by molar-refractivity contribution is -0.143. The van der Waals surface area contributed by atoms with Gasteiger partial charge in [0.2, 0.25) is 5.78 Å². The average molecular weight is 416 g/mol. The van der Waals surface area contributed by atoms with Gasteiger partial charge in [0.1, 0.15) is 12.4 Å². The predicted octanol–water partition coefficient (Wildman–Crippen LogP) is 3.25. The molecule has 1 aromatic carbocycles. The van der Waals surface area contributed by atoms with Crippen LogP contribution >= 0.6 is 11.3 Å². The Bertz CT molecular complexity index is 1110. The molecule has 2 heterocycles. The van der Waals surface area contributed by atoms with E-state index in [1.807, 2.05) is 18.4 Å². The molecule has 0 unspecified atom stereocenters. The molecular formula is C21H21FN2O4S. The van der Waals surface area contributed by atoms with Crippen LogP contribution in [0.3, 0.4) is 0 Å². The summed E-state index contributed by atoms with van der Waals surface area (Å²) in [6.45, 7) is 5.32. The molecule has 0 spiro atoms. The van der Waals surface area contributed by atoms with Crippen LogP contribution in [0.1, 0.15) is 33.0 Å². The molecule has 0 radical (unpaired) electrons. The number of aromatic nitrogens is 2. The van der Waals surface area contributed by atoms with E-state index in [4.69, 9.17) is 4.74 Å². The largest absolute Gasteiger partial charge is 0.456 e. The fraction of sp³-hybridized carbons (Fsp3) is 0.286. The lowest BCUT2D eigenvalue weighted by Crippen LogP contribution is -2.24.